The van der Waals surface area contributed by atoms with Gasteiger partial charge in [0.2, 0.25) is 5.13 Å². The highest BCUT2D eigenvalue weighted by Crippen LogP contribution is 2.28. The van der Waals surface area contributed by atoms with Crippen molar-refractivity contribution in [2.24, 2.45) is 0 Å². The molecular weight excluding hydrogens is 354 g/mol. The molecule has 7 heteroatoms. The third kappa shape index (κ3) is 4.80. The number of methoxy groups -OCH3 is 1. The van der Waals surface area contributed by atoms with Gasteiger partial charge in [-0.05, 0) is 30.7 Å². The van der Waals surface area contributed by atoms with Gasteiger partial charge in [0, 0.05) is 11.3 Å². The average Bonchev–Trinajstić information content (AvgIpc) is 3.07. The summed E-state index contributed by atoms with van der Waals surface area (Å²) in [5.74, 6) is 1.23. The van der Waals surface area contributed by atoms with Crippen LogP contribution in [0.3, 0.4) is 0 Å². The molecule has 25 heavy (non-hydrogen) atoms. The zero-order valence-electron chi connectivity index (χ0n) is 13.9. The number of amides is 1. The van der Waals surface area contributed by atoms with Crippen molar-refractivity contribution in [3.8, 4) is 5.75 Å². The number of carbonyl (C=O) groups is 1. The first-order valence-electron chi connectivity index (χ1n) is 7.61. The lowest BCUT2D eigenvalue weighted by molar-refractivity contribution is 0.102. The molecule has 0 bridgehead atoms. The summed E-state index contributed by atoms with van der Waals surface area (Å²) in [6.07, 6.45) is 0. The highest BCUT2D eigenvalue weighted by molar-refractivity contribution is 8.00. The van der Waals surface area contributed by atoms with Gasteiger partial charge in [0.05, 0.1) is 7.11 Å². The van der Waals surface area contributed by atoms with Gasteiger partial charge in [0.15, 0.2) is 4.34 Å². The molecule has 1 N–H and O–H groups in total. The van der Waals surface area contributed by atoms with Crippen LogP contribution in [0.4, 0.5) is 5.13 Å². The standard InChI is InChI=1S/C18H17N3O2S2/c1-12-5-3-6-13(9-12)11-24-18-21-20-17(25-18)19-16(22)14-7-4-8-15(10-14)23-2/h3-10H,11H2,1-2H3,(H,19,20,22). The highest BCUT2D eigenvalue weighted by Gasteiger charge is 2.11. The molecule has 0 aliphatic rings. The van der Waals surface area contributed by atoms with Crippen LogP contribution in [0, 0.1) is 6.92 Å². The number of carbonyl (C=O) groups excluding carboxylic acids is 1. The van der Waals surface area contributed by atoms with Crippen molar-refractivity contribution in [2.45, 2.75) is 17.0 Å². The van der Waals surface area contributed by atoms with E-state index in [1.54, 1.807) is 43.1 Å². The summed E-state index contributed by atoms with van der Waals surface area (Å²) in [7, 11) is 1.57. The molecule has 0 saturated carbocycles. The number of nitrogens with one attached hydrogen (secondary N) is 1. The molecule has 0 aliphatic heterocycles. The maximum atomic E-state index is 12.3. The van der Waals surface area contributed by atoms with Gasteiger partial charge >= 0.3 is 0 Å². The predicted octanol–water partition coefficient (Wildman–Crippen LogP) is 4.40. The van der Waals surface area contributed by atoms with Gasteiger partial charge in [-0.3, -0.25) is 10.1 Å². The lowest BCUT2D eigenvalue weighted by Crippen LogP contribution is -2.11. The third-order valence-electron chi connectivity index (χ3n) is 3.40. The van der Waals surface area contributed by atoms with E-state index in [1.165, 1.54) is 22.5 Å². The van der Waals surface area contributed by atoms with E-state index >= 15 is 0 Å². The molecule has 0 unspecified atom stereocenters. The van der Waals surface area contributed by atoms with Crippen LogP contribution in [0.15, 0.2) is 52.9 Å². The Labute approximate surface area is 154 Å². The molecule has 128 valence electrons. The van der Waals surface area contributed by atoms with Gasteiger partial charge in [0.25, 0.3) is 5.91 Å². The summed E-state index contributed by atoms with van der Waals surface area (Å²) in [4.78, 5) is 12.3. The minimum absolute atomic E-state index is 0.231. The minimum atomic E-state index is -0.231. The topological polar surface area (TPSA) is 64.1 Å². The number of aryl methyl sites for hydroxylation is 1. The zero-order valence-corrected chi connectivity index (χ0v) is 15.5. The Morgan fingerprint density at radius 2 is 2.04 bits per heavy atom. The highest BCUT2D eigenvalue weighted by atomic mass is 32.2. The molecule has 0 fully saturated rings. The number of rotatable bonds is 6. The lowest BCUT2D eigenvalue weighted by Gasteiger charge is -2.03. The van der Waals surface area contributed by atoms with Crippen molar-refractivity contribution in [3.63, 3.8) is 0 Å². The molecule has 3 rings (SSSR count). The fraction of sp³-hybridized carbons (Fsp3) is 0.167. The molecule has 1 aromatic heterocycles. The van der Waals surface area contributed by atoms with Crippen LogP contribution >= 0.6 is 23.1 Å². The number of anilines is 1. The molecule has 1 heterocycles. The van der Waals surface area contributed by atoms with Crippen LogP contribution in [0.25, 0.3) is 0 Å². The van der Waals surface area contributed by atoms with E-state index < -0.39 is 0 Å². The largest absolute Gasteiger partial charge is 0.497 e. The van der Waals surface area contributed by atoms with E-state index in [2.05, 4.69) is 40.6 Å². The molecule has 0 radical (unpaired) electrons. The van der Waals surface area contributed by atoms with Crippen LogP contribution in [0.1, 0.15) is 21.5 Å². The van der Waals surface area contributed by atoms with Crippen molar-refractivity contribution < 1.29 is 9.53 Å². The van der Waals surface area contributed by atoms with Crippen molar-refractivity contribution in [1.29, 1.82) is 0 Å². The molecule has 0 aliphatic carbocycles. The Balaban J connectivity index is 1.60. The monoisotopic (exact) mass is 371 g/mol. The van der Waals surface area contributed by atoms with Gasteiger partial charge in [-0.15, -0.1) is 10.2 Å². The number of benzene rings is 2. The maximum Gasteiger partial charge on any atom is 0.257 e. The Bertz CT molecular complexity index is 880. The molecule has 3 aromatic rings. The first kappa shape index (κ1) is 17.4. The van der Waals surface area contributed by atoms with E-state index in [4.69, 9.17) is 4.74 Å². The summed E-state index contributed by atoms with van der Waals surface area (Å²) in [6.45, 7) is 2.07. The number of hydrogen-bond donors (Lipinski definition) is 1. The third-order valence-corrected chi connectivity index (χ3v) is 5.45. The zero-order chi connectivity index (χ0) is 17.6. The van der Waals surface area contributed by atoms with Crippen LogP contribution in [0.5, 0.6) is 5.75 Å². The second kappa shape index (κ2) is 8.13. The van der Waals surface area contributed by atoms with Gasteiger partial charge < -0.3 is 4.74 Å². The number of hydrogen-bond acceptors (Lipinski definition) is 6. The smallest absolute Gasteiger partial charge is 0.257 e. The van der Waals surface area contributed by atoms with E-state index in [9.17, 15) is 4.79 Å². The number of thioether (sulfide) groups is 1. The SMILES string of the molecule is COc1cccc(C(=O)Nc2nnc(SCc3cccc(C)c3)s2)c1. The Morgan fingerprint density at radius 1 is 1.20 bits per heavy atom. The molecule has 0 spiro atoms. The summed E-state index contributed by atoms with van der Waals surface area (Å²) in [5.41, 5.74) is 2.99. The minimum Gasteiger partial charge on any atom is -0.497 e. The molecule has 0 atom stereocenters. The quantitative estimate of drug-likeness (QED) is 0.514. The summed E-state index contributed by atoms with van der Waals surface area (Å²) in [5, 5.41) is 11.4. The lowest BCUT2D eigenvalue weighted by atomic mass is 10.2. The summed E-state index contributed by atoms with van der Waals surface area (Å²) in [6, 6.07) is 15.3. The normalized spacial score (nSPS) is 10.5. The second-order valence-electron chi connectivity index (χ2n) is 5.34. The van der Waals surface area contributed by atoms with Crippen molar-refractivity contribution in [2.75, 3.05) is 12.4 Å². The fourth-order valence-electron chi connectivity index (χ4n) is 2.20. The maximum absolute atomic E-state index is 12.3. The van der Waals surface area contributed by atoms with Crippen molar-refractivity contribution in [1.82, 2.24) is 10.2 Å². The number of nitrogens with zero attached hydrogens (tertiary/aromatic N) is 2. The van der Waals surface area contributed by atoms with Gasteiger partial charge in [-0.25, -0.2) is 0 Å². The van der Waals surface area contributed by atoms with Crippen LogP contribution in [-0.2, 0) is 5.75 Å². The van der Waals surface area contributed by atoms with Crippen LogP contribution in [-0.4, -0.2) is 23.2 Å². The van der Waals surface area contributed by atoms with Gasteiger partial charge in [0.1, 0.15) is 5.75 Å². The molecule has 5 nitrogen and oxygen atoms in total. The van der Waals surface area contributed by atoms with Gasteiger partial charge in [-0.2, -0.15) is 0 Å². The Kier molecular flexibility index (Phi) is 5.67. The first-order valence-corrected chi connectivity index (χ1v) is 9.41. The Morgan fingerprint density at radius 3 is 2.84 bits per heavy atom. The fourth-order valence-corrected chi connectivity index (χ4v) is 3.89. The summed E-state index contributed by atoms with van der Waals surface area (Å²) < 4.78 is 5.95. The summed E-state index contributed by atoms with van der Waals surface area (Å²) >= 11 is 2.97. The van der Waals surface area contributed by atoms with Crippen molar-refractivity contribution in [3.05, 3.63) is 65.2 Å². The average molecular weight is 371 g/mol. The molecule has 0 saturated heterocycles. The predicted molar refractivity (Wildman–Crippen MR) is 102 cm³/mol. The Hall–Kier alpha value is -2.38. The van der Waals surface area contributed by atoms with E-state index in [1.807, 2.05) is 6.07 Å². The van der Waals surface area contributed by atoms with Crippen molar-refractivity contribution >= 4 is 34.1 Å². The van der Waals surface area contributed by atoms with E-state index in [-0.39, 0.29) is 5.91 Å². The molecular formula is C18H17N3O2S2. The number of ether oxygens (including phenoxy) is 1. The number of aromatic nitrogens is 2. The second-order valence-corrected chi connectivity index (χ2v) is 7.54. The first-order chi connectivity index (χ1) is 12.1. The molecule has 1 amide bonds. The van der Waals surface area contributed by atoms with Gasteiger partial charge in [-0.1, -0.05) is 59.0 Å². The molecule has 2 aromatic carbocycles. The van der Waals surface area contributed by atoms with Crippen LogP contribution < -0.4 is 10.1 Å². The van der Waals surface area contributed by atoms with E-state index in [0.29, 0.717) is 16.4 Å². The van der Waals surface area contributed by atoms with Crippen LogP contribution in [0.2, 0.25) is 0 Å². The van der Waals surface area contributed by atoms with E-state index in [0.717, 1.165) is 10.1 Å².